The van der Waals surface area contributed by atoms with Gasteiger partial charge in [-0.15, -0.1) is 0 Å². The monoisotopic (exact) mass is 222 g/mol. The minimum absolute atomic E-state index is 0. The van der Waals surface area contributed by atoms with Crippen molar-refractivity contribution in [2.75, 3.05) is 0 Å². The third-order valence-electron chi connectivity index (χ3n) is 1.28. The van der Waals surface area contributed by atoms with E-state index >= 15 is 0 Å². The molecule has 1 rings (SSSR count). The van der Waals surface area contributed by atoms with Crippen molar-refractivity contribution in [2.24, 2.45) is 0 Å². The van der Waals surface area contributed by atoms with Crippen molar-refractivity contribution in [3.63, 3.8) is 0 Å². The normalized spacial score (nSPS) is 10.1. The molecule has 0 bridgehead atoms. The van der Waals surface area contributed by atoms with Gasteiger partial charge in [0.15, 0.2) is 0 Å². The summed E-state index contributed by atoms with van der Waals surface area (Å²) >= 11 is 0. The molecule has 0 atom stereocenters. The van der Waals surface area contributed by atoms with Crippen molar-refractivity contribution < 1.29 is 43.6 Å². The van der Waals surface area contributed by atoms with Crippen LogP contribution < -0.4 is 29.6 Å². The Hall–Kier alpha value is -0.290. The molecule has 0 N–H and O–H groups in total. The third-order valence-corrected chi connectivity index (χ3v) is 2.64. The molecule has 14 heavy (non-hydrogen) atoms. The first kappa shape index (κ1) is 13.7. The summed E-state index contributed by atoms with van der Waals surface area (Å²) in [5.74, 6) is 0.156. The molecule has 0 heterocycles. The molecular formula is C9H11NaO3S. The SMILES string of the molecule is C=C(C)OS(=O)(=O)c1ccccc1.[H-].[Na+]. The average molecular weight is 222 g/mol. The average Bonchev–Trinajstić information content (AvgIpc) is 2.04. The minimum Gasteiger partial charge on any atom is -1.00 e. The third kappa shape index (κ3) is 3.84. The summed E-state index contributed by atoms with van der Waals surface area (Å²) in [4.78, 5) is 0.137. The van der Waals surface area contributed by atoms with E-state index < -0.39 is 10.1 Å². The molecule has 0 amide bonds. The predicted molar refractivity (Wildman–Crippen MR) is 50.6 cm³/mol. The van der Waals surface area contributed by atoms with Crippen molar-refractivity contribution in [2.45, 2.75) is 11.8 Å². The van der Waals surface area contributed by atoms with E-state index in [-0.39, 0.29) is 41.6 Å². The van der Waals surface area contributed by atoms with Gasteiger partial charge in [0.1, 0.15) is 10.7 Å². The second-order valence-electron chi connectivity index (χ2n) is 2.55. The van der Waals surface area contributed by atoms with Crippen molar-refractivity contribution in [1.82, 2.24) is 0 Å². The molecule has 72 valence electrons. The van der Waals surface area contributed by atoms with Crippen LogP contribution in [0.3, 0.4) is 0 Å². The van der Waals surface area contributed by atoms with Crippen LogP contribution >= 0.6 is 0 Å². The van der Waals surface area contributed by atoms with E-state index in [1.165, 1.54) is 19.1 Å². The van der Waals surface area contributed by atoms with Crippen LogP contribution in [0.5, 0.6) is 0 Å². The van der Waals surface area contributed by atoms with Gasteiger partial charge in [0.2, 0.25) is 0 Å². The molecule has 0 radical (unpaired) electrons. The molecule has 0 spiro atoms. The van der Waals surface area contributed by atoms with Crippen molar-refractivity contribution in [3.05, 3.63) is 42.7 Å². The van der Waals surface area contributed by atoms with E-state index in [9.17, 15) is 8.42 Å². The van der Waals surface area contributed by atoms with Gasteiger partial charge >= 0.3 is 39.7 Å². The molecule has 3 nitrogen and oxygen atoms in total. The van der Waals surface area contributed by atoms with E-state index in [0.717, 1.165) is 0 Å². The standard InChI is InChI=1S/C9H10O3S.Na.H/c1-8(2)12-13(10,11)9-6-4-3-5-7-9;;/h3-7H,1H2,2H3;;/q;+1;-1. The fraction of sp³-hybridized carbons (Fsp3) is 0.111. The summed E-state index contributed by atoms with van der Waals surface area (Å²) in [7, 11) is -3.66. The van der Waals surface area contributed by atoms with Gasteiger partial charge in [0.25, 0.3) is 0 Å². The first-order valence-electron chi connectivity index (χ1n) is 3.67. The van der Waals surface area contributed by atoms with E-state index in [1.807, 2.05) is 0 Å². The molecular weight excluding hydrogens is 211 g/mol. The van der Waals surface area contributed by atoms with Crippen molar-refractivity contribution in [3.8, 4) is 0 Å². The number of hydrogen-bond acceptors (Lipinski definition) is 3. The van der Waals surface area contributed by atoms with Crippen LogP contribution in [0, 0.1) is 0 Å². The molecule has 0 saturated heterocycles. The van der Waals surface area contributed by atoms with Crippen LogP contribution in [-0.2, 0) is 14.3 Å². The van der Waals surface area contributed by atoms with Crippen LogP contribution in [0.15, 0.2) is 47.6 Å². The largest absolute Gasteiger partial charge is 1.00 e. The molecule has 0 aliphatic carbocycles. The first-order valence-corrected chi connectivity index (χ1v) is 5.08. The number of benzene rings is 1. The van der Waals surface area contributed by atoms with Gasteiger partial charge in [-0.3, -0.25) is 0 Å². The Morgan fingerprint density at radius 3 is 2.29 bits per heavy atom. The van der Waals surface area contributed by atoms with Gasteiger partial charge in [0.05, 0.1) is 0 Å². The molecule has 0 saturated carbocycles. The zero-order chi connectivity index (χ0) is 9.90. The second-order valence-corrected chi connectivity index (χ2v) is 4.10. The van der Waals surface area contributed by atoms with Crippen LogP contribution in [0.4, 0.5) is 0 Å². The molecule has 1 aromatic rings. The Labute approximate surface area is 108 Å². The minimum atomic E-state index is -3.66. The van der Waals surface area contributed by atoms with Crippen molar-refractivity contribution >= 4 is 10.1 Å². The van der Waals surface area contributed by atoms with Gasteiger partial charge in [-0.2, -0.15) is 8.42 Å². The molecule has 5 heteroatoms. The molecule has 1 aromatic carbocycles. The summed E-state index contributed by atoms with van der Waals surface area (Å²) in [6, 6.07) is 7.94. The Kier molecular flexibility index (Phi) is 5.44. The molecule has 0 fully saturated rings. The Balaban J connectivity index is 0. The fourth-order valence-corrected chi connectivity index (χ4v) is 1.78. The van der Waals surface area contributed by atoms with E-state index in [2.05, 4.69) is 10.8 Å². The summed E-state index contributed by atoms with van der Waals surface area (Å²) < 4.78 is 27.3. The summed E-state index contributed by atoms with van der Waals surface area (Å²) in [6.07, 6.45) is 0. The van der Waals surface area contributed by atoms with Gasteiger partial charge in [0, 0.05) is 0 Å². The van der Waals surface area contributed by atoms with Crippen molar-refractivity contribution in [1.29, 1.82) is 0 Å². The van der Waals surface area contributed by atoms with Gasteiger partial charge in [-0.25, -0.2) is 0 Å². The molecule has 0 aliphatic rings. The van der Waals surface area contributed by atoms with E-state index in [0.29, 0.717) is 0 Å². The maximum absolute atomic E-state index is 11.4. The van der Waals surface area contributed by atoms with Crippen LogP contribution in [0.25, 0.3) is 0 Å². The van der Waals surface area contributed by atoms with Gasteiger partial charge in [-0.05, 0) is 19.1 Å². The summed E-state index contributed by atoms with van der Waals surface area (Å²) in [6.45, 7) is 4.85. The summed E-state index contributed by atoms with van der Waals surface area (Å²) in [5.41, 5.74) is 0. The van der Waals surface area contributed by atoms with Gasteiger partial charge in [-0.1, -0.05) is 24.8 Å². The van der Waals surface area contributed by atoms with Crippen LogP contribution in [0.1, 0.15) is 8.35 Å². The number of allylic oxidation sites excluding steroid dienone is 1. The topological polar surface area (TPSA) is 43.4 Å². The Morgan fingerprint density at radius 1 is 1.36 bits per heavy atom. The Morgan fingerprint density at radius 2 is 1.86 bits per heavy atom. The maximum atomic E-state index is 11.4. The summed E-state index contributed by atoms with van der Waals surface area (Å²) in [5, 5.41) is 0. The maximum Gasteiger partial charge on any atom is 1.00 e. The number of rotatable bonds is 3. The number of hydrogen-bond donors (Lipinski definition) is 0. The zero-order valence-corrected chi connectivity index (χ0v) is 11.0. The van der Waals surface area contributed by atoms with E-state index in [1.54, 1.807) is 18.2 Å². The van der Waals surface area contributed by atoms with Crippen LogP contribution in [0.2, 0.25) is 0 Å². The smallest absolute Gasteiger partial charge is 1.00 e. The molecule has 0 aromatic heterocycles. The van der Waals surface area contributed by atoms with E-state index in [4.69, 9.17) is 0 Å². The van der Waals surface area contributed by atoms with Gasteiger partial charge < -0.3 is 5.61 Å². The predicted octanol–water partition coefficient (Wildman–Crippen LogP) is -0.958. The second kappa shape index (κ2) is 5.56. The quantitative estimate of drug-likeness (QED) is 0.376. The Bertz CT molecular complexity index is 403. The van der Waals surface area contributed by atoms with Crippen LogP contribution in [-0.4, -0.2) is 8.42 Å². The zero-order valence-electron chi connectivity index (χ0n) is 9.23. The first-order chi connectivity index (χ1) is 6.02. The fourth-order valence-electron chi connectivity index (χ4n) is 0.823. The molecule has 0 aliphatic heterocycles. The molecule has 0 unspecified atom stereocenters.